The number of rotatable bonds is 2. The van der Waals surface area contributed by atoms with Gasteiger partial charge < -0.3 is 0 Å². The van der Waals surface area contributed by atoms with Crippen LogP contribution in [0.4, 0.5) is 17.6 Å². The van der Waals surface area contributed by atoms with Crippen LogP contribution in [0.2, 0.25) is 0 Å². The molecule has 2 aliphatic rings. The number of pyridine rings is 2. The highest BCUT2D eigenvalue weighted by Gasteiger charge is 2.45. The lowest BCUT2D eigenvalue weighted by Crippen LogP contribution is -2.05. The first-order valence-corrected chi connectivity index (χ1v) is 12.3. The molecule has 0 N–H and O–H groups in total. The van der Waals surface area contributed by atoms with Crippen molar-refractivity contribution in [3.63, 3.8) is 0 Å². The lowest BCUT2D eigenvalue weighted by molar-refractivity contribution is 0.578. The molecule has 10 nitrogen and oxygen atoms in total. The van der Waals surface area contributed by atoms with E-state index in [1.54, 1.807) is 24.3 Å². The van der Waals surface area contributed by atoms with E-state index in [4.69, 9.17) is 10.5 Å². The maximum atomic E-state index is 16.9. The fourth-order valence-corrected chi connectivity index (χ4v) is 5.28. The smallest absolute Gasteiger partial charge is 0.208 e. The minimum Gasteiger partial charge on any atom is -0.208 e. The summed E-state index contributed by atoms with van der Waals surface area (Å²) in [6.07, 6.45) is 0. The lowest BCUT2D eigenvalue weighted by atomic mass is 9.89. The number of hydrogen-bond acceptors (Lipinski definition) is 10. The predicted octanol–water partition coefficient (Wildman–Crippen LogP) is 5.27. The number of benzene rings is 1. The average Bonchev–Trinajstić information content (AvgIpc) is 3.59. The van der Waals surface area contributed by atoms with E-state index >= 15 is 17.6 Å². The van der Waals surface area contributed by atoms with Gasteiger partial charge >= 0.3 is 0 Å². The van der Waals surface area contributed by atoms with E-state index in [1.165, 1.54) is 24.3 Å². The van der Waals surface area contributed by atoms with Gasteiger partial charge in [-0.1, -0.05) is 0 Å². The molecule has 0 spiro atoms. The normalized spacial score (nSPS) is 12.3. The van der Waals surface area contributed by atoms with Crippen molar-refractivity contribution in [1.29, 1.82) is 42.1 Å². The fraction of sp³-hybridized carbons (Fsp3) is 0. The van der Waals surface area contributed by atoms with Crippen molar-refractivity contribution >= 4 is 33.4 Å². The molecule has 0 radical (unpaired) electrons. The minimum absolute atomic E-state index is 0.408. The van der Waals surface area contributed by atoms with Gasteiger partial charge in [-0.05, 0) is 24.3 Å². The number of nitriles is 8. The van der Waals surface area contributed by atoms with Crippen LogP contribution in [0.25, 0.3) is 33.4 Å². The summed E-state index contributed by atoms with van der Waals surface area (Å²) in [5.41, 5.74) is -11.9. The van der Waals surface area contributed by atoms with Crippen LogP contribution in [0, 0.1) is 114 Å². The molecule has 1 aromatic carbocycles. The van der Waals surface area contributed by atoms with E-state index in [1.807, 2.05) is 0 Å². The second-order valence-corrected chi connectivity index (χ2v) is 9.09. The van der Waals surface area contributed by atoms with Crippen molar-refractivity contribution in [2.24, 2.45) is 0 Å². The summed E-state index contributed by atoms with van der Waals surface area (Å²) in [5.74, 6) is -5.85. The highest BCUT2D eigenvalue weighted by molar-refractivity contribution is 6.30. The summed E-state index contributed by atoms with van der Waals surface area (Å²) in [6.45, 7) is 0. The monoisotopic (exact) mass is 604 g/mol. The summed E-state index contributed by atoms with van der Waals surface area (Å²) in [6, 6.07) is 16.3. The minimum atomic E-state index is -1.53. The summed E-state index contributed by atoms with van der Waals surface area (Å²) < 4.78 is 64.3. The van der Waals surface area contributed by atoms with Gasteiger partial charge in [0.2, 0.25) is 11.9 Å². The van der Waals surface area contributed by atoms with Gasteiger partial charge in [0.1, 0.15) is 82.7 Å². The van der Waals surface area contributed by atoms with Gasteiger partial charge in [-0.25, -0.2) is 18.7 Å². The zero-order valence-electron chi connectivity index (χ0n) is 22.3. The van der Waals surface area contributed by atoms with E-state index in [-0.39, 0.29) is 0 Å². The lowest BCUT2D eigenvalue weighted by Gasteiger charge is -2.14. The Morgan fingerprint density at radius 2 is 0.826 bits per heavy atom. The fourth-order valence-electron chi connectivity index (χ4n) is 5.28. The number of fused-ring (bicyclic) bond motifs is 2. The quantitative estimate of drug-likeness (QED) is 0.209. The Morgan fingerprint density at radius 3 is 1.09 bits per heavy atom. The molecule has 210 valence electrons. The first kappa shape index (κ1) is 29.6. The third-order valence-corrected chi connectivity index (χ3v) is 7.01. The molecule has 5 rings (SSSR count). The van der Waals surface area contributed by atoms with Crippen LogP contribution < -0.4 is 0 Å². The van der Waals surface area contributed by atoms with Crippen LogP contribution in [-0.2, 0) is 0 Å². The Balaban J connectivity index is 2.03. The summed E-state index contributed by atoms with van der Waals surface area (Å²) >= 11 is 0. The molecule has 0 saturated heterocycles. The topological polar surface area (TPSA) is 216 Å². The number of hydrogen-bond donors (Lipinski definition) is 0. The van der Waals surface area contributed by atoms with Crippen molar-refractivity contribution in [2.45, 2.75) is 0 Å². The van der Waals surface area contributed by atoms with Crippen molar-refractivity contribution < 1.29 is 17.6 Å². The molecule has 2 aliphatic carbocycles. The third kappa shape index (κ3) is 3.96. The zero-order chi connectivity index (χ0) is 33.4. The average molecular weight is 604 g/mol. The number of halogens is 4. The van der Waals surface area contributed by atoms with Crippen LogP contribution in [0.5, 0.6) is 0 Å². The highest BCUT2D eigenvalue weighted by Crippen LogP contribution is 2.57. The molecule has 0 unspecified atom stereocenters. The summed E-state index contributed by atoms with van der Waals surface area (Å²) in [4.78, 5) is 6.86. The van der Waals surface area contributed by atoms with Gasteiger partial charge in [0.05, 0.1) is 11.1 Å². The van der Waals surface area contributed by atoms with Crippen LogP contribution in [-0.4, -0.2) is 9.97 Å². The van der Waals surface area contributed by atoms with E-state index in [2.05, 4.69) is 9.97 Å². The van der Waals surface area contributed by atoms with E-state index < -0.39 is 113 Å². The maximum Gasteiger partial charge on any atom is 0.222 e. The SMILES string of the molecule is N#CC(C#N)=C1C(c2ccc(C#N)nc2F)=C(C#N)c2c(F)c3c(c(F)c21)C(C#N)=C(c1ccc(C#N)nc1F)C3=C(C#N)C#N. The van der Waals surface area contributed by atoms with Gasteiger partial charge in [0.15, 0.2) is 0 Å². The van der Waals surface area contributed by atoms with Gasteiger partial charge in [-0.2, -0.15) is 50.9 Å². The molecule has 2 aromatic heterocycles. The first-order chi connectivity index (χ1) is 22.2. The van der Waals surface area contributed by atoms with Crippen molar-refractivity contribution in [1.82, 2.24) is 9.97 Å². The van der Waals surface area contributed by atoms with E-state index in [0.717, 1.165) is 24.3 Å². The first-order valence-electron chi connectivity index (χ1n) is 12.3. The molecular formula is C32H4F4N10. The van der Waals surface area contributed by atoms with Crippen LogP contribution in [0.15, 0.2) is 35.4 Å². The molecule has 46 heavy (non-hydrogen) atoms. The van der Waals surface area contributed by atoms with Gasteiger partial charge in [0.25, 0.3) is 0 Å². The van der Waals surface area contributed by atoms with Crippen molar-refractivity contribution in [2.75, 3.05) is 0 Å². The Bertz CT molecular complexity index is 2290. The van der Waals surface area contributed by atoms with E-state index in [9.17, 15) is 31.6 Å². The molecule has 0 atom stereocenters. The van der Waals surface area contributed by atoms with Crippen LogP contribution in [0.1, 0.15) is 44.8 Å². The standard InChI is InChI=1S/C32H4F4N10/c33-29-25-19(11-43)23(17-3-1-15(9-41)45-31(17)35)21(13(5-37)6-38)27(25)30(34)26-20(12-44)24(22(28(26)29)14(7-39)8-40)18-4-2-16(10-42)46-32(18)36/h1-4H. The molecule has 0 bridgehead atoms. The van der Waals surface area contributed by atoms with E-state index in [0.29, 0.717) is 0 Å². The van der Waals surface area contributed by atoms with Gasteiger partial charge in [0, 0.05) is 55.7 Å². The van der Waals surface area contributed by atoms with Crippen LogP contribution in [0.3, 0.4) is 0 Å². The Morgan fingerprint density at radius 1 is 0.478 bits per heavy atom. The Labute approximate surface area is 255 Å². The molecule has 0 amide bonds. The number of allylic oxidation sites excluding steroid dienone is 8. The van der Waals surface area contributed by atoms with Gasteiger partial charge in [-0.3, -0.25) is 0 Å². The molecule has 0 aliphatic heterocycles. The van der Waals surface area contributed by atoms with Crippen molar-refractivity contribution in [3.8, 4) is 48.6 Å². The Hall–Kier alpha value is -7.88. The molecule has 0 saturated carbocycles. The molecule has 3 aromatic rings. The highest BCUT2D eigenvalue weighted by atomic mass is 19.1. The predicted molar refractivity (Wildman–Crippen MR) is 145 cm³/mol. The zero-order valence-corrected chi connectivity index (χ0v) is 22.3. The Kier molecular flexibility index (Phi) is 7.13. The van der Waals surface area contributed by atoms with Gasteiger partial charge in [-0.15, -0.1) is 0 Å². The number of aromatic nitrogens is 2. The second-order valence-electron chi connectivity index (χ2n) is 9.09. The summed E-state index contributed by atoms with van der Waals surface area (Å²) in [7, 11) is 0. The molecular weight excluding hydrogens is 600 g/mol. The molecule has 14 heteroatoms. The second kappa shape index (κ2) is 11.1. The number of nitrogens with zero attached hydrogens (tertiary/aromatic N) is 10. The summed E-state index contributed by atoms with van der Waals surface area (Å²) in [5, 5.41) is 77.6. The maximum absolute atomic E-state index is 16.9. The molecule has 2 heterocycles. The van der Waals surface area contributed by atoms with Crippen molar-refractivity contribution in [3.05, 3.63) is 104 Å². The largest absolute Gasteiger partial charge is 0.222 e. The van der Waals surface area contributed by atoms with Crippen LogP contribution >= 0.6 is 0 Å². The third-order valence-electron chi connectivity index (χ3n) is 7.01. The molecule has 0 fully saturated rings.